The number of piperidine rings is 1. The number of benzene rings is 1. The van der Waals surface area contributed by atoms with Crippen LogP contribution in [-0.4, -0.2) is 45.9 Å². The zero-order valence-electron chi connectivity index (χ0n) is 13.7. The summed E-state index contributed by atoms with van der Waals surface area (Å²) in [6.45, 7) is 1.48. The van der Waals surface area contributed by atoms with Crippen molar-refractivity contribution in [3.05, 3.63) is 36.0 Å². The van der Waals surface area contributed by atoms with E-state index in [1.165, 1.54) is 0 Å². The molecule has 0 saturated carbocycles. The largest absolute Gasteiger partial charge is 0.497 e. The van der Waals surface area contributed by atoms with E-state index in [1.807, 2.05) is 29.2 Å². The minimum atomic E-state index is 0.125. The molecule has 2 aromatic rings. The van der Waals surface area contributed by atoms with Gasteiger partial charge in [-0.1, -0.05) is 12.1 Å². The molecule has 1 aromatic heterocycles. The van der Waals surface area contributed by atoms with Crippen molar-refractivity contribution < 1.29 is 14.3 Å². The maximum Gasteiger partial charge on any atom is 0.245 e. The SMILES string of the molecule is COc1ccc(CCC(=O)N2CCC(Oc3cnsn3)CC2)cc1. The first-order valence-corrected chi connectivity index (χ1v) is 8.82. The molecule has 7 heteroatoms. The van der Waals surface area contributed by atoms with Crippen LogP contribution in [0, 0.1) is 0 Å². The Balaban J connectivity index is 1.41. The highest BCUT2D eigenvalue weighted by Gasteiger charge is 2.24. The van der Waals surface area contributed by atoms with Crippen molar-refractivity contribution >= 4 is 17.6 Å². The molecule has 3 rings (SSSR count). The van der Waals surface area contributed by atoms with Crippen molar-refractivity contribution in [2.24, 2.45) is 0 Å². The monoisotopic (exact) mass is 347 g/mol. The molecule has 0 radical (unpaired) electrons. The summed E-state index contributed by atoms with van der Waals surface area (Å²) in [6.07, 6.45) is 4.73. The molecule has 1 aliphatic rings. The lowest BCUT2D eigenvalue weighted by atomic mass is 10.1. The number of aryl methyl sites for hydroxylation is 1. The molecule has 2 heterocycles. The Morgan fingerprint density at radius 3 is 2.67 bits per heavy atom. The molecule has 128 valence electrons. The van der Waals surface area contributed by atoms with Crippen LogP contribution in [0.1, 0.15) is 24.8 Å². The van der Waals surface area contributed by atoms with Gasteiger partial charge in [0.2, 0.25) is 11.8 Å². The van der Waals surface area contributed by atoms with E-state index in [1.54, 1.807) is 13.3 Å². The first kappa shape index (κ1) is 16.7. The molecule has 0 N–H and O–H groups in total. The minimum Gasteiger partial charge on any atom is -0.497 e. The third kappa shape index (κ3) is 4.44. The molecule has 1 saturated heterocycles. The van der Waals surface area contributed by atoms with Crippen LogP contribution in [0.2, 0.25) is 0 Å². The molecule has 0 atom stereocenters. The van der Waals surface area contributed by atoms with E-state index < -0.39 is 0 Å². The highest BCUT2D eigenvalue weighted by Crippen LogP contribution is 2.19. The van der Waals surface area contributed by atoms with E-state index in [0.29, 0.717) is 12.3 Å². The van der Waals surface area contributed by atoms with Gasteiger partial charge in [-0.15, -0.1) is 4.37 Å². The summed E-state index contributed by atoms with van der Waals surface area (Å²) in [6, 6.07) is 7.87. The number of likely N-dealkylation sites (tertiary alicyclic amines) is 1. The second-order valence-electron chi connectivity index (χ2n) is 5.79. The number of methoxy groups -OCH3 is 1. The van der Waals surface area contributed by atoms with E-state index in [9.17, 15) is 4.79 Å². The minimum absolute atomic E-state index is 0.125. The Hall–Kier alpha value is -2.15. The van der Waals surface area contributed by atoms with Crippen LogP contribution >= 0.6 is 11.7 Å². The second-order valence-corrected chi connectivity index (χ2v) is 6.35. The van der Waals surface area contributed by atoms with Gasteiger partial charge >= 0.3 is 0 Å². The van der Waals surface area contributed by atoms with Gasteiger partial charge in [0.05, 0.1) is 18.8 Å². The van der Waals surface area contributed by atoms with Crippen LogP contribution in [0.25, 0.3) is 0 Å². The number of amides is 1. The van der Waals surface area contributed by atoms with Crippen LogP contribution in [0.5, 0.6) is 11.6 Å². The summed E-state index contributed by atoms with van der Waals surface area (Å²) in [5.41, 5.74) is 1.15. The number of carbonyl (C=O) groups excluding carboxylic acids is 1. The van der Waals surface area contributed by atoms with Crippen molar-refractivity contribution in [1.29, 1.82) is 0 Å². The Morgan fingerprint density at radius 1 is 1.29 bits per heavy atom. The number of carbonyl (C=O) groups is 1. The fourth-order valence-corrected chi connectivity index (χ4v) is 3.16. The second kappa shape index (κ2) is 8.10. The molecule has 24 heavy (non-hydrogen) atoms. The molecule has 1 aromatic carbocycles. The lowest BCUT2D eigenvalue weighted by Crippen LogP contribution is -2.41. The fourth-order valence-electron chi connectivity index (χ4n) is 2.80. The van der Waals surface area contributed by atoms with Gasteiger partial charge in [-0.2, -0.15) is 4.37 Å². The van der Waals surface area contributed by atoms with Gasteiger partial charge in [-0.3, -0.25) is 4.79 Å². The summed E-state index contributed by atoms with van der Waals surface area (Å²) in [7, 11) is 1.65. The molecule has 0 spiro atoms. The lowest BCUT2D eigenvalue weighted by Gasteiger charge is -2.31. The van der Waals surface area contributed by atoms with E-state index in [4.69, 9.17) is 9.47 Å². The Kier molecular flexibility index (Phi) is 5.63. The van der Waals surface area contributed by atoms with Crippen LogP contribution < -0.4 is 9.47 Å². The predicted octanol–water partition coefficient (Wildman–Crippen LogP) is 2.55. The lowest BCUT2D eigenvalue weighted by molar-refractivity contribution is -0.132. The number of hydrogen-bond donors (Lipinski definition) is 0. The summed E-state index contributed by atoms with van der Waals surface area (Å²) in [4.78, 5) is 14.3. The average Bonchev–Trinajstić information content (AvgIpc) is 3.14. The third-order valence-corrected chi connectivity index (χ3v) is 4.67. The Bertz CT molecular complexity index is 638. The summed E-state index contributed by atoms with van der Waals surface area (Å²) in [5, 5.41) is 0. The van der Waals surface area contributed by atoms with E-state index in [-0.39, 0.29) is 12.0 Å². The Labute approximate surface area is 145 Å². The van der Waals surface area contributed by atoms with Crippen molar-refractivity contribution in [3.8, 4) is 11.6 Å². The molecule has 1 aliphatic heterocycles. The highest BCUT2D eigenvalue weighted by molar-refractivity contribution is 6.99. The van der Waals surface area contributed by atoms with Gasteiger partial charge in [0.25, 0.3) is 0 Å². The van der Waals surface area contributed by atoms with E-state index >= 15 is 0 Å². The zero-order chi connectivity index (χ0) is 16.8. The van der Waals surface area contributed by atoms with E-state index in [0.717, 1.165) is 55.4 Å². The quantitative estimate of drug-likeness (QED) is 0.803. The van der Waals surface area contributed by atoms with Crippen molar-refractivity contribution in [1.82, 2.24) is 13.6 Å². The van der Waals surface area contributed by atoms with Crippen molar-refractivity contribution in [2.75, 3.05) is 20.2 Å². The van der Waals surface area contributed by atoms with Gasteiger partial charge in [-0.05, 0) is 24.1 Å². The Morgan fingerprint density at radius 2 is 2.04 bits per heavy atom. The van der Waals surface area contributed by atoms with Gasteiger partial charge < -0.3 is 14.4 Å². The maximum absolute atomic E-state index is 12.4. The molecule has 0 bridgehead atoms. The smallest absolute Gasteiger partial charge is 0.245 e. The number of nitrogens with zero attached hydrogens (tertiary/aromatic N) is 3. The first-order chi connectivity index (χ1) is 11.7. The normalized spacial score (nSPS) is 15.3. The van der Waals surface area contributed by atoms with Crippen molar-refractivity contribution in [2.45, 2.75) is 31.8 Å². The number of rotatable bonds is 6. The third-order valence-electron chi connectivity index (χ3n) is 4.21. The zero-order valence-corrected chi connectivity index (χ0v) is 14.5. The molecule has 1 amide bonds. The first-order valence-electron chi connectivity index (χ1n) is 8.09. The molecule has 0 aliphatic carbocycles. The van der Waals surface area contributed by atoms with Gasteiger partial charge in [0, 0.05) is 32.4 Å². The van der Waals surface area contributed by atoms with Gasteiger partial charge in [0.1, 0.15) is 18.1 Å². The average molecular weight is 347 g/mol. The van der Waals surface area contributed by atoms with Crippen molar-refractivity contribution in [3.63, 3.8) is 0 Å². The predicted molar refractivity (Wildman–Crippen MR) is 91.5 cm³/mol. The summed E-state index contributed by atoms with van der Waals surface area (Å²) >= 11 is 1.14. The molecular weight excluding hydrogens is 326 g/mol. The maximum atomic E-state index is 12.4. The summed E-state index contributed by atoms with van der Waals surface area (Å²) in [5.74, 6) is 1.63. The standard InChI is InChI=1S/C17H21N3O3S/c1-22-14-5-2-13(3-6-14)4-7-17(21)20-10-8-15(9-11-20)23-16-12-18-24-19-16/h2-3,5-6,12,15H,4,7-11H2,1H3. The van der Waals surface area contributed by atoms with Gasteiger partial charge in [0.15, 0.2) is 0 Å². The molecule has 6 nitrogen and oxygen atoms in total. The molecule has 0 unspecified atom stereocenters. The number of ether oxygens (including phenoxy) is 2. The topological polar surface area (TPSA) is 64.5 Å². The number of hydrogen-bond acceptors (Lipinski definition) is 6. The van der Waals surface area contributed by atoms with E-state index in [2.05, 4.69) is 8.75 Å². The van der Waals surface area contributed by atoms with Crippen LogP contribution in [0.4, 0.5) is 0 Å². The highest BCUT2D eigenvalue weighted by atomic mass is 32.1. The van der Waals surface area contributed by atoms with Crippen LogP contribution in [0.15, 0.2) is 30.5 Å². The summed E-state index contributed by atoms with van der Waals surface area (Å²) < 4.78 is 18.9. The molecule has 1 fully saturated rings. The molecular formula is C17H21N3O3S. The number of aromatic nitrogens is 2. The van der Waals surface area contributed by atoms with Crippen LogP contribution in [0.3, 0.4) is 0 Å². The fraction of sp³-hybridized carbons (Fsp3) is 0.471. The van der Waals surface area contributed by atoms with Crippen LogP contribution in [-0.2, 0) is 11.2 Å². The van der Waals surface area contributed by atoms with Gasteiger partial charge in [-0.25, -0.2) is 0 Å².